The summed E-state index contributed by atoms with van der Waals surface area (Å²) in [5, 5.41) is 8.96. The quantitative estimate of drug-likeness (QED) is 0.300. The van der Waals surface area contributed by atoms with Gasteiger partial charge in [0, 0.05) is 29.2 Å². The van der Waals surface area contributed by atoms with Gasteiger partial charge >= 0.3 is 0 Å². The molecule has 0 bridgehead atoms. The molecule has 3 heterocycles. The van der Waals surface area contributed by atoms with Gasteiger partial charge in [0.05, 0.1) is 6.04 Å². The number of hydrogen-bond acceptors (Lipinski definition) is 4. The van der Waals surface area contributed by atoms with E-state index in [1.54, 1.807) is 0 Å². The lowest BCUT2D eigenvalue weighted by Crippen LogP contribution is -2.12. The highest BCUT2D eigenvalue weighted by atomic mass is 16.5. The Morgan fingerprint density at radius 3 is 2.48 bits per heavy atom. The Kier molecular flexibility index (Phi) is 8.17. The monoisotopic (exact) mass is 422 g/mol. The smallest absolute Gasteiger partial charge is 0.244 e. The van der Waals surface area contributed by atoms with Crippen molar-refractivity contribution in [3.8, 4) is 11.4 Å². The molecule has 5 heteroatoms. The lowest BCUT2D eigenvalue weighted by Gasteiger charge is -2.05. The first-order valence-electron chi connectivity index (χ1n) is 12.5. The van der Waals surface area contributed by atoms with Crippen molar-refractivity contribution in [1.82, 2.24) is 20.0 Å². The van der Waals surface area contributed by atoms with Crippen LogP contribution in [0.3, 0.4) is 0 Å². The Hall–Kier alpha value is -2.14. The van der Waals surface area contributed by atoms with E-state index >= 15 is 0 Å². The Labute approximate surface area is 186 Å². The van der Waals surface area contributed by atoms with Crippen LogP contribution in [0.1, 0.15) is 95.9 Å². The molecule has 2 aromatic heterocycles. The zero-order valence-corrected chi connectivity index (χ0v) is 19.1. The normalized spacial score (nSPS) is 16.5. The summed E-state index contributed by atoms with van der Waals surface area (Å²) in [5.74, 6) is 1.43. The molecule has 4 rings (SSSR count). The average Bonchev–Trinajstić information content (AvgIpc) is 3.55. The summed E-state index contributed by atoms with van der Waals surface area (Å²) in [5.41, 5.74) is 2.34. The van der Waals surface area contributed by atoms with E-state index in [-0.39, 0.29) is 6.04 Å². The minimum absolute atomic E-state index is 0.209. The van der Waals surface area contributed by atoms with Crippen LogP contribution in [0.4, 0.5) is 0 Å². The predicted octanol–water partition coefficient (Wildman–Crippen LogP) is 7.04. The molecule has 1 aromatic carbocycles. The topological polar surface area (TPSA) is 55.9 Å². The Morgan fingerprint density at radius 2 is 1.74 bits per heavy atom. The number of nitrogens with one attached hydrogen (secondary N) is 1. The average molecular weight is 423 g/mol. The van der Waals surface area contributed by atoms with E-state index in [1.807, 2.05) is 0 Å². The summed E-state index contributed by atoms with van der Waals surface area (Å²) in [6.07, 6.45) is 18.1. The van der Waals surface area contributed by atoms with E-state index in [1.165, 1.54) is 81.5 Å². The summed E-state index contributed by atoms with van der Waals surface area (Å²) < 4.78 is 7.97. The summed E-state index contributed by atoms with van der Waals surface area (Å²) in [4.78, 5) is 4.73. The highest BCUT2D eigenvalue weighted by Gasteiger charge is 2.23. The van der Waals surface area contributed by atoms with E-state index in [9.17, 15) is 0 Å². The van der Waals surface area contributed by atoms with Crippen molar-refractivity contribution in [3.05, 3.63) is 36.4 Å². The Bertz CT molecular complexity index is 923. The van der Waals surface area contributed by atoms with Crippen molar-refractivity contribution < 1.29 is 4.52 Å². The van der Waals surface area contributed by atoms with E-state index in [4.69, 9.17) is 9.51 Å². The van der Waals surface area contributed by atoms with Gasteiger partial charge < -0.3 is 14.4 Å². The first-order chi connectivity index (χ1) is 15.4. The first kappa shape index (κ1) is 22.1. The largest absolute Gasteiger partial charge is 0.347 e. The fourth-order valence-electron chi connectivity index (χ4n) is 4.76. The SMILES string of the molecule is CCCCCCCCCCCCn1cc(-c2noc([C@@H]3CCCN3)n2)c2ccccc21. The summed E-state index contributed by atoms with van der Waals surface area (Å²) in [6.45, 7) is 4.36. The molecule has 0 aliphatic carbocycles. The molecule has 0 radical (unpaired) electrons. The van der Waals surface area contributed by atoms with Crippen LogP contribution in [0, 0.1) is 0 Å². The second-order valence-corrected chi connectivity index (χ2v) is 9.04. The molecule has 31 heavy (non-hydrogen) atoms. The molecule has 5 nitrogen and oxygen atoms in total. The van der Waals surface area contributed by atoms with Crippen LogP contribution in [-0.2, 0) is 6.54 Å². The Balaban J connectivity index is 1.31. The first-order valence-corrected chi connectivity index (χ1v) is 12.5. The number of hydrogen-bond donors (Lipinski definition) is 1. The van der Waals surface area contributed by atoms with Gasteiger partial charge in [0.25, 0.3) is 0 Å². The van der Waals surface area contributed by atoms with Crippen LogP contribution in [-0.4, -0.2) is 21.3 Å². The third kappa shape index (κ3) is 5.76. The molecule has 1 aliphatic heterocycles. The number of fused-ring (bicyclic) bond motifs is 1. The predicted molar refractivity (Wildman–Crippen MR) is 127 cm³/mol. The molecule has 0 spiro atoms. The van der Waals surface area contributed by atoms with Crippen molar-refractivity contribution in [2.75, 3.05) is 6.54 Å². The number of unbranched alkanes of at least 4 members (excludes halogenated alkanes) is 9. The van der Waals surface area contributed by atoms with Crippen LogP contribution in [0.25, 0.3) is 22.3 Å². The lowest BCUT2D eigenvalue weighted by molar-refractivity contribution is 0.345. The standard InChI is InChI=1S/C26H38N4O/c1-2-3-4-5-6-7-8-9-10-13-19-30-20-22(21-15-11-12-17-24(21)30)25-28-26(31-29-25)23-16-14-18-27-23/h11-12,15,17,20,23,27H,2-10,13-14,16,18-19H2,1H3/t23-/m0/s1. The van der Waals surface area contributed by atoms with Gasteiger partial charge in [0.1, 0.15) is 0 Å². The molecular formula is C26H38N4O. The molecule has 1 N–H and O–H groups in total. The van der Waals surface area contributed by atoms with Crippen LogP contribution in [0.5, 0.6) is 0 Å². The molecule has 0 saturated carbocycles. The number of para-hydroxylation sites is 1. The van der Waals surface area contributed by atoms with Crippen molar-refractivity contribution in [2.45, 2.75) is 96.6 Å². The van der Waals surface area contributed by atoms with Gasteiger partial charge in [-0.1, -0.05) is 88.1 Å². The van der Waals surface area contributed by atoms with Gasteiger partial charge in [-0.05, 0) is 31.9 Å². The molecule has 3 aromatic rings. The zero-order valence-electron chi connectivity index (χ0n) is 19.1. The molecule has 1 atom stereocenters. The van der Waals surface area contributed by atoms with Crippen LogP contribution >= 0.6 is 0 Å². The Morgan fingerprint density at radius 1 is 1.00 bits per heavy atom. The van der Waals surface area contributed by atoms with Gasteiger partial charge in [-0.3, -0.25) is 0 Å². The molecule has 1 fully saturated rings. The number of benzene rings is 1. The minimum atomic E-state index is 0.209. The molecule has 168 valence electrons. The number of aromatic nitrogens is 3. The van der Waals surface area contributed by atoms with Crippen molar-refractivity contribution in [1.29, 1.82) is 0 Å². The molecule has 1 saturated heterocycles. The van der Waals surface area contributed by atoms with Gasteiger partial charge in [0.2, 0.25) is 11.7 Å². The highest BCUT2D eigenvalue weighted by Crippen LogP contribution is 2.31. The molecule has 1 aliphatic rings. The molecular weight excluding hydrogens is 384 g/mol. The zero-order chi connectivity index (χ0) is 21.3. The van der Waals surface area contributed by atoms with Gasteiger partial charge in [0.15, 0.2) is 0 Å². The van der Waals surface area contributed by atoms with Crippen LogP contribution in [0.2, 0.25) is 0 Å². The second-order valence-electron chi connectivity index (χ2n) is 9.04. The van der Waals surface area contributed by atoms with Crippen molar-refractivity contribution in [2.24, 2.45) is 0 Å². The maximum Gasteiger partial charge on any atom is 0.244 e. The molecule has 0 unspecified atom stereocenters. The van der Waals surface area contributed by atoms with E-state index < -0.39 is 0 Å². The number of rotatable bonds is 13. The maximum absolute atomic E-state index is 5.60. The van der Waals surface area contributed by atoms with Crippen LogP contribution in [0.15, 0.2) is 35.0 Å². The van der Waals surface area contributed by atoms with Gasteiger partial charge in [-0.2, -0.15) is 4.98 Å². The van der Waals surface area contributed by atoms with Crippen LogP contribution < -0.4 is 5.32 Å². The van der Waals surface area contributed by atoms with E-state index in [0.717, 1.165) is 31.0 Å². The number of aryl methyl sites for hydroxylation is 1. The highest BCUT2D eigenvalue weighted by molar-refractivity contribution is 5.94. The maximum atomic E-state index is 5.60. The third-order valence-corrected chi connectivity index (χ3v) is 6.58. The van der Waals surface area contributed by atoms with Gasteiger partial charge in [-0.15, -0.1) is 0 Å². The number of nitrogens with zero attached hydrogens (tertiary/aromatic N) is 3. The third-order valence-electron chi connectivity index (χ3n) is 6.58. The fraction of sp³-hybridized carbons (Fsp3) is 0.615. The van der Waals surface area contributed by atoms with Crippen molar-refractivity contribution >= 4 is 10.9 Å². The fourth-order valence-corrected chi connectivity index (χ4v) is 4.76. The molecule has 0 amide bonds. The minimum Gasteiger partial charge on any atom is -0.347 e. The lowest BCUT2D eigenvalue weighted by atomic mass is 10.1. The van der Waals surface area contributed by atoms with E-state index in [0.29, 0.717) is 5.82 Å². The summed E-state index contributed by atoms with van der Waals surface area (Å²) in [7, 11) is 0. The summed E-state index contributed by atoms with van der Waals surface area (Å²) in [6, 6.07) is 8.79. The van der Waals surface area contributed by atoms with Gasteiger partial charge in [-0.25, -0.2) is 0 Å². The summed E-state index contributed by atoms with van der Waals surface area (Å²) >= 11 is 0. The second kappa shape index (κ2) is 11.5. The van der Waals surface area contributed by atoms with Crippen molar-refractivity contribution in [3.63, 3.8) is 0 Å². The van der Waals surface area contributed by atoms with E-state index in [2.05, 4.69) is 52.4 Å².